The van der Waals surface area contributed by atoms with E-state index in [1.807, 2.05) is 30.3 Å². The first-order chi connectivity index (χ1) is 11.7. The van der Waals surface area contributed by atoms with E-state index in [0.29, 0.717) is 25.0 Å². The molecule has 1 aliphatic heterocycles. The summed E-state index contributed by atoms with van der Waals surface area (Å²) in [6.07, 6.45) is 2.34. The average Bonchev–Trinajstić information content (AvgIpc) is 3.06. The van der Waals surface area contributed by atoms with Crippen LogP contribution in [0.2, 0.25) is 0 Å². The van der Waals surface area contributed by atoms with Crippen molar-refractivity contribution in [2.75, 3.05) is 12.3 Å². The summed E-state index contributed by atoms with van der Waals surface area (Å²) in [4.78, 5) is 15.9. The van der Waals surface area contributed by atoms with Gasteiger partial charge >= 0.3 is 5.69 Å². The van der Waals surface area contributed by atoms with E-state index in [2.05, 4.69) is 4.98 Å². The predicted octanol–water partition coefficient (Wildman–Crippen LogP) is 1.21. The maximum absolute atomic E-state index is 12.1. The number of nitrogens with zero attached hydrogens (tertiary/aromatic N) is 2. The molecule has 7 nitrogen and oxygen atoms in total. The lowest BCUT2D eigenvalue weighted by Crippen LogP contribution is -2.29. The second-order valence-electron chi connectivity index (χ2n) is 5.79. The molecule has 128 valence electrons. The molecule has 1 saturated heterocycles. The molecule has 3 rings (SSSR count). The van der Waals surface area contributed by atoms with Gasteiger partial charge in [0, 0.05) is 11.8 Å². The molecular weight excluding hydrogens is 310 g/mol. The Balaban J connectivity index is 1.69. The smallest absolute Gasteiger partial charge is 0.351 e. The van der Waals surface area contributed by atoms with E-state index in [9.17, 15) is 4.79 Å². The molecule has 0 amide bonds. The molecule has 0 radical (unpaired) electrons. The van der Waals surface area contributed by atoms with Crippen LogP contribution in [-0.2, 0) is 22.7 Å². The van der Waals surface area contributed by atoms with E-state index in [1.54, 1.807) is 6.20 Å². The van der Waals surface area contributed by atoms with E-state index in [-0.39, 0.29) is 25.1 Å². The highest BCUT2D eigenvalue weighted by Crippen LogP contribution is 2.27. The molecule has 1 aromatic heterocycles. The van der Waals surface area contributed by atoms with E-state index in [1.165, 1.54) is 4.57 Å². The van der Waals surface area contributed by atoms with Crippen molar-refractivity contribution in [2.45, 2.75) is 38.4 Å². The molecule has 2 aromatic rings. The Kier molecular flexibility index (Phi) is 5.24. The molecule has 0 saturated carbocycles. The summed E-state index contributed by atoms with van der Waals surface area (Å²) in [6.45, 7) is 0.650. The zero-order chi connectivity index (χ0) is 16.9. The van der Waals surface area contributed by atoms with E-state index >= 15 is 0 Å². The molecule has 0 unspecified atom stereocenters. The highest BCUT2D eigenvalue weighted by Gasteiger charge is 2.27. The standard InChI is InChI=1S/C17H21N3O4/c18-16-13(11-23-10-12-4-2-1-3-5-12)8-20(17(22)19-16)15-7-6-14(9-21)24-15/h1-5,8,14-15,21H,6-7,9-11H2,(H2,18,19,22)/t14-,15+/m0/s1. The summed E-state index contributed by atoms with van der Waals surface area (Å²) in [7, 11) is 0. The van der Waals surface area contributed by atoms with Gasteiger partial charge in [-0.25, -0.2) is 4.79 Å². The number of anilines is 1. The Morgan fingerprint density at radius 1 is 1.29 bits per heavy atom. The third kappa shape index (κ3) is 3.81. The Labute approximate surface area is 139 Å². The van der Waals surface area contributed by atoms with Gasteiger partial charge in [0.1, 0.15) is 12.0 Å². The number of hydrogen-bond donors (Lipinski definition) is 2. The van der Waals surface area contributed by atoms with Gasteiger partial charge in [-0.05, 0) is 18.4 Å². The summed E-state index contributed by atoms with van der Waals surface area (Å²) in [5, 5.41) is 9.16. The molecule has 0 aliphatic carbocycles. The largest absolute Gasteiger partial charge is 0.394 e. The van der Waals surface area contributed by atoms with Gasteiger partial charge in [0.2, 0.25) is 0 Å². The second kappa shape index (κ2) is 7.57. The minimum Gasteiger partial charge on any atom is -0.394 e. The lowest BCUT2D eigenvalue weighted by molar-refractivity contribution is -0.0248. The summed E-state index contributed by atoms with van der Waals surface area (Å²) in [5.74, 6) is 0.168. The fourth-order valence-electron chi connectivity index (χ4n) is 2.72. The third-order valence-corrected chi connectivity index (χ3v) is 4.03. The summed E-state index contributed by atoms with van der Waals surface area (Å²) >= 11 is 0. The average molecular weight is 331 g/mol. The number of nitrogen functional groups attached to an aromatic ring is 1. The van der Waals surface area contributed by atoms with Crippen LogP contribution in [0.3, 0.4) is 0 Å². The molecule has 24 heavy (non-hydrogen) atoms. The van der Waals surface area contributed by atoms with Gasteiger partial charge in [0.05, 0.1) is 25.9 Å². The van der Waals surface area contributed by atoms with E-state index < -0.39 is 11.9 Å². The van der Waals surface area contributed by atoms with Crippen LogP contribution in [0, 0.1) is 0 Å². The molecular formula is C17H21N3O4. The number of ether oxygens (including phenoxy) is 2. The van der Waals surface area contributed by atoms with Crippen molar-refractivity contribution in [1.29, 1.82) is 0 Å². The van der Waals surface area contributed by atoms with Gasteiger partial charge in [-0.15, -0.1) is 0 Å². The summed E-state index contributed by atoms with van der Waals surface area (Å²) < 4.78 is 12.7. The van der Waals surface area contributed by atoms with Crippen molar-refractivity contribution < 1.29 is 14.6 Å². The van der Waals surface area contributed by atoms with Crippen LogP contribution in [0.4, 0.5) is 5.82 Å². The number of rotatable bonds is 6. The number of aliphatic hydroxyl groups excluding tert-OH is 1. The van der Waals surface area contributed by atoms with Gasteiger partial charge in [-0.2, -0.15) is 4.98 Å². The number of aliphatic hydroxyl groups is 1. The molecule has 0 bridgehead atoms. The lowest BCUT2D eigenvalue weighted by Gasteiger charge is -2.16. The number of benzene rings is 1. The van der Waals surface area contributed by atoms with Gasteiger partial charge in [0.15, 0.2) is 0 Å². The van der Waals surface area contributed by atoms with E-state index in [4.69, 9.17) is 20.3 Å². The number of aromatic nitrogens is 2. The molecule has 1 aliphatic rings. The van der Waals surface area contributed by atoms with Crippen LogP contribution in [0.5, 0.6) is 0 Å². The predicted molar refractivity (Wildman–Crippen MR) is 88.1 cm³/mol. The Hall–Kier alpha value is -2.22. The maximum atomic E-state index is 12.1. The van der Waals surface area contributed by atoms with E-state index in [0.717, 1.165) is 5.56 Å². The zero-order valence-corrected chi connectivity index (χ0v) is 13.3. The highest BCUT2D eigenvalue weighted by atomic mass is 16.5. The minimum atomic E-state index is -0.456. The molecule has 1 aromatic carbocycles. The van der Waals surface area contributed by atoms with Crippen LogP contribution in [0.1, 0.15) is 30.2 Å². The SMILES string of the molecule is Nc1nc(=O)n([C@H]2CC[C@@H](CO)O2)cc1COCc1ccccc1. The topological polar surface area (TPSA) is 99.6 Å². The monoisotopic (exact) mass is 331 g/mol. The van der Waals surface area contributed by atoms with Crippen molar-refractivity contribution in [2.24, 2.45) is 0 Å². The first-order valence-corrected chi connectivity index (χ1v) is 7.93. The van der Waals surface area contributed by atoms with Crippen molar-refractivity contribution in [3.8, 4) is 0 Å². The zero-order valence-electron chi connectivity index (χ0n) is 13.3. The fraction of sp³-hybridized carbons (Fsp3) is 0.412. The Morgan fingerprint density at radius 3 is 2.79 bits per heavy atom. The Morgan fingerprint density at radius 2 is 2.08 bits per heavy atom. The maximum Gasteiger partial charge on any atom is 0.351 e. The van der Waals surface area contributed by atoms with Gasteiger partial charge < -0.3 is 20.3 Å². The lowest BCUT2D eigenvalue weighted by atomic mass is 10.2. The molecule has 1 fully saturated rings. The Bertz CT molecular complexity index is 732. The van der Waals surface area contributed by atoms with Crippen LogP contribution in [0.25, 0.3) is 0 Å². The number of nitrogens with two attached hydrogens (primary N) is 1. The normalized spacial score (nSPS) is 20.4. The van der Waals surface area contributed by atoms with Crippen LogP contribution in [-0.4, -0.2) is 27.4 Å². The first kappa shape index (κ1) is 16.6. The van der Waals surface area contributed by atoms with Crippen LogP contribution in [0.15, 0.2) is 41.3 Å². The van der Waals surface area contributed by atoms with Gasteiger partial charge in [-0.1, -0.05) is 30.3 Å². The molecule has 3 N–H and O–H groups in total. The number of hydrogen-bond acceptors (Lipinski definition) is 6. The molecule has 2 heterocycles. The first-order valence-electron chi connectivity index (χ1n) is 7.93. The molecule has 0 spiro atoms. The second-order valence-corrected chi connectivity index (χ2v) is 5.79. The van der Waals surface area contributed by atoms with Crippen LogP contribution < -0.4 is 11.4 Å². The summed E-state index contributed by atoms with van der Waals surface area (Å²) in [6, 6.07) is 9.80. The minimum absolute atomic E-state index is 0.0549. The fourth-order valence-corrected chi connectivity index (χ4v) is 2.72. The van der Waals surface area contributed by atoms with Gasteiger partial charge in [-0.3, -0.25) is 4.57 Å². The highest BCUT2D eigenvalue weighted by molar-refractivity contribution is 5.36. The molecule has 7 heteroatoms. The van der Waals surface area contributed by atoms with Crippen molar-refractivity contribution >= 4 is 5.82 Å². The van der Waals surface area contributed by atoms with Crippen molar-refractivity contribution in [1.82, 2.24) is 9.55 Å². The third-order valence-electron chi connectivity index (χ3n) is 4.03. The van der Waals surface area contributed by atoms with Gasteiger partial charge in [0.25, 0.3) is 0 Å². The van der Waals surface area contributed by atoms with Crippen molar-refractivity contribution in [3.05, 3.63) is 58.1 Å². The molecule has 2 atom stereocenters. The van der Waals surface area contributed by atoms with Crippen molar-refractivity contribution in [3.63, 3.8) is 0 Å². The quantitative estimate of drug-likeness (QED) is 0.825. The van der Waals surface area contributed by atoms with Crippen LogP contribution >= 0.6 is 0 Å². The summed E-state index contributed by atoms with van der Waals surface area (Å²) in [5.41, 5.74) is 7.08.